The molecule has 0 radical (unpaired) electrons. The molecule has 0 aromatic rings. The lowest BCUT2D eigenvalue weighted by Crippen LogP contribution is -2.40. The quantitative estimate of drug-likeness (QED) is 0.401. The number of aldehydes is 1. The second-order valence-electron chi connectivity index (χ2n) is 1.77. The summed E-state index contributed by atoms with van der Waals surface area (Å²) in [6, 6.07) is 0. The van der Waals surface area contributed by atoms with E-state index in [2.05, 4.69) is 0 Å². The average Bonchev–Trinajstić information content (AvgIpc) is 2.01. The Morgan fingerprint density at radius 2 is 1.80 bits per heavy atom. The molecular weight excluding hydrogens is 136 g/mol. The molecule has 0 unspecified atom stereocenters. The van der Waals surface area contributed by atoms with E-state index in [0.29, 0.717) is 6.29 Å². The van der Waals surface area contributed by atoms with Crippen LogP contribution >= 0.6 is 0 Å². The summed E-state index contributed by atoms with van der Waals surface area (Å²) in [5.74, 6) is -1.23. The molecule has 0 saturated carbocycles. The zero-order valence-electron chi connectivity index (χ0n) is 6.42. The smallest absolute Gasteiger partial charge is 0.249 e. The molecule has 0 aliphatic rings. The Kier molecular flexibility index (Phi) is 4.18. The summed E-state index contributed by atoms with van der Waals surface area (Å²) >= 11 is 0. The number of hydrogen-bond donors (Lipinski definition) is 0. The maximum atomic E-state index is 10.3. The van der Waals surface area contributed by atoms with Gasteiger partial charge in [0.25, 0.3) is 0 Å². The van der Waals surface area contributed by atoms with E-state index in [0.717, 1.165) is 0 Å². The van der Waals surface area contributed by atoms with Crippen molar-refractivity contribution < 1.29 is 19.0 Å². The summed E-state index contributed by atoms with van der Waals surface area (Å²) < 4.78 is 14.2. The van der Waals surface area contributed by atoms with Gasteiger partial charge in [0.05, 0.1) is 0 Å². The molecule has 0 aromatic carbocycles. The minimum Gasteiger partial charge on any atom is -0.379 e. The summed E-state index contributed by atoms with van der Waals surface area (Å²) in [6.45, 7) is 0.101. The summed E-state index contributed by atoms with van der Waals surface area (Å²) in [5.41, 5.74) is 0. The van der Waals surface area contributed by atoms with Crippen molar-refractivity contribution in [2.75, 3.05) is 27.9 Å². The highest BCUT2D eigenvalue weighted by Gasteiger charge is 2.28. The summed E-state index contributed by atoms with van der Waals surface area (Å²) in [6.07, 6.45) is 0.566. The van der Waals surface area contributed by atoms with Gasteiger partial charge in [0.15, 0.2) is 6.29 Å². The van der Waals surface area contributed by atoms with Crippen molar-refractivity contribution >= 4 is 6.29 Å². The van der Waals surface area contributed by atoms with Gasteiger partial charge in [-0.05, 0) is 0 Å². The van der Waals surface area contributed by atoms with Gasteiger partial charge < -0.3 is 14.2 Å². The van der Waals surface area contributed by atoms with Gasteiger partial charge in [-0.25, -0.2) is 0 Å². The minimum absolute atomic E-state index is 0.101. The SMILES string of the molecule is COCC(C=O)(OC)OC. The molecule has 0 bridgehead atoms. The Morgan fingerprint density at radius 1 is 1.30 bits per heavy atom. The lowest BCUT2D eigenvalue weighted by atomic mass is 10.3. The molecular formula is C6H12O4. The Hall–Kier alpha value is -0.450. The van der Waals surface area contributed by atoms with Crippen LogP contribution in [-0.2, 0) is 19.0 Å². The van der Waals surface area contributed by atoms with E-state index in [1.807, 2.05) is 0 Å². The fraction of sp³-hybridized carbons (Fsp3) is 0.833. The van der Waals surface area contributed by atoms with E-state index in [4.69, 9.17) is 14.2 Å². The van der Waals surface area contributed by atoms with Crippen LogP contribution < -0.4 is 0 Å². The first-order valence-corrected chi connectivity index (χ1v) is 2.80. The molecule has 0 rings (SSSR count). The van der Waals surface area contributed by atoms with E-state index in [-0.39, 0.29) is 6.61 Å². The zero-order valence-corrected chi connectivity index (χ0v) is 6.42. The Labute approximate surface area is 60.1 Å². The molecule has 0 aromatic heterocycles. The molecule has 0 fully saturated rings. The van der Waals surface area contributed by atoms with Crippen molar-refractivity contribution in [3.8, 4) is 0 Å². The molecule has 0 N–H and O–H groups in total. The minimum atomic E-state index is -1.23. The highest BCUT2D eigenvalue weighted by Crippen LogP contribution is 2.06. The average molecular weight is 148 g/mol. The molecule has 0 aliphatic heterocycles. The maximum Gasteiger partial charge on any atom is 0.249 e. The van der Waals surface area contributed by atoms with E-state index >= 15 is 0 Å². The van der Waals surface area contributed by atoms with Crippen LogP contribution in [0.2, 0.25) is 0 Å². The van der Waals surface area contributed by atoms with Gasteiger partial charge in [0.1, 0.15) is 6.61 Å². The molecule has 0 heterocycles. The fourth-order valence-electron chi connectivity index (χ4n) is 0.533. The monoisotopic (exact) mass is 148 g/mol. The van der Waals surface area contributed by atoms with Gasteiger partial charge in [-0.2, -0.15) is 0 Å². The molecule has 0 atom stereocenters. The van der Waals surface area contributed by atoms with Crippen molar-refractivity contribution in [1.29, 1.82) is 0 Å². The van der Waals surface area contributed by atoms with Crippen molar-refractivity contribution in [1.82, 2.24) is 0 Å². The van der Waals surface area contributed by atoms with Gasteiger partial charge in [0, 0.05) is 21.3 Å². The van der Waals surface area contributed by atoms with Crippen LogP contribution in [0, 0.1) is 0 Å². The largest absolute Gasteiger partial charge is 0.379 e. The Morgan fingerprint density at radius 3 is 1.90 bits per heavy atom. The lowest BCUT2D eigenvalue weighted by Gasteiger charge is -2.22. The number of carbonyl (C=O) groups excluding carboxylic acids is 1. The van der Waals surface area contributed by atoms with Gasteiger partial charge in [-0.1, -0.05) is 0 Å². The van der Waals surface area contributed by atoms with E-state index in [9.17, 15) is 4.79 Å². The maximum absolute atomic E-state index is 10.3. The number of ether oxygens (including phenoxy) is 3. The van der Waals surface area contributed by atoms with Crippen LogP contribution in [0.4, 0.5) is 0 Å². The predicted molar refractivity (Wildman–Crippen MR) is 34.7 cm³/mol. The van der Waals surface area contributed by atoms with E-state index in [1.54, 1.807) is 0 Å². The number of methoxy groups -OCH3 is 3. The normalized spacial score (nSPS) is 11.5. The highest BCUT2D eigenvalue weighted by atomic mass is 16.7. The first kappa shape index (κ1) is 9.55. The second kappa shape index (κ2) is 4.38. The van der Waals surface area contributed by atoms with Gasteiger partial charge in [0.2, 0.25) is 5.79 Å². The lowest BCUT2D eigenvalue weighted by molar-refractivity contribution is -0.213. The Balaban J connectivity index is 4.00. The predicted octanol–water partition coefficient (Wildman–Crippen LogP) is -0.179. The van der Waals surface area contributed by atoms with Gasteiger partial charge in [-0.15, -0.1) is 0 Å². The molecule has 0 saturated heterocycles. The van der Waals surface area contributed by atoms with Crippen LogP contribution in [0.5, 0.6) is 0 Å². The zero-order chi connectivity index (χ0) is 8.04. The number of hydrogen-bond acceptors (Lipinski definition) is 4. The van der Waals surface area contributed by atoms with Crippen LogP contribution in [0.1, 0.15) is 0 Å². The van der Waals surface area contributed by atoms with Crippen molar-refractivity contribution in [2.24, 2.45) is 0 Å². The first-order chi connectivity index (χ1) is 4.74. The van der Waals surface area contributed by atoms with Crippen LogP contribution in [0.25, 0.3) is 0 Å². The third-order valence-corrected chi connectivity index (χ3v) is 1.22. The molecule has 4 heteroatoms. The molecule has 0 spiro atoms. The molecule has 60 valence electrons. The van der Waals surface area contributed by atoms with Crippen LogP contribution in [-0.4, -0.2) is 40.0 Å². The van der Waals surface area contributed by atoms with Crippen molar-refractivity contribution in [3.05, 3.63) is 0 Å². The fourth-order valence-corrected chi connectivity index (χ4v) is 0.533. The summed E-state index contributed by atoms with van der Waals surface area (Å²) in [5, 5.41) is 0. The summed E-state index contributed by atoms with van der Waals surface area (Å²) in [4.78, 5) is 10.3. The van der Waals surface area contributed by atoms with Crippen molar-refractivity contribution in [2.45, 2.75) is 5.79 Å². The molecule has 4 nitrogen and oxygen atoms in total. The van der Waals surface area contributed by atoms with Crippen LogP contribution in [0.15, 0.2) is 0 Å². The second-order valence-corrected chi connectivity index (χ2v) is 1.77. The van der Waals surface area contributed by atoms with E-state index < -0.39 is 5.79 Å². The van der Waals surface area contributed by atoms with Gasteiger partial charge in [-0.3, -0.25) is 4.79 Å². The number of rotatable bonds is 5. The van der Waals surface area contributed by atoms with Gasteiger partial charge >= 0.3 is 0 Å². The highest BCUT2D eigenvalue weighted by molar-refractivity contribution is 5.60. The topological polar surface area (TPSA) is 44.8 Å². The molecule has 0 aliphatic carbocycles. The summed E-state index contributed by atoms with van der Waals surface area (Å²) in [7, 11) is 4.24. The standard InChI is InChI=1S/C6H12O4/c1-8-5-6(4-7,9-2)10-3/h4H,5H2,1-3H3. The molecule has 0 amide bonds. The van der Waals surface area contributed by atoms with E-state index in [1.165, 1.54) is 21.3 Å². The third kappa shape index (κ3) is 2.06. The number of carbonyl (C=O) groups is 1. The first-order valence-electron chi connectivity index (χ1n) is 2.80. The molecule has 10 heavy (non-hydrogen) atoms. The third-order valence-electron chi connectivity index (χ3n) is 1.22. The van der Waals surface area contributed by atoms with Crippen LogP contribution in [0.3, 0.4) is 0 Å². The van der Waals surface area contributed by atoms with Crippen molar-refractivity contribution in [3.63, 3.8) is 0 Å². The Bertz CT molecular complexity index is 97.9.